The van der Waals surface area contributed by atoms with Crippen molar-refractivity contribution in [1.82, 2.24) is 9.80 Å². The molecule has 0 spiro atoms. The Hall–Kier alpha value is -3.91. The molecule has 4 rings (SSSR count). The Morgan fingerprint density at radius 2 is 1.78 bits per heavy atom. The van der Waals surface area contributed by atoms with E-state index < -0.39 is 29.5 Å². The average Bonchev–Trinajstić information content (AvgIpc) is 3.42. The highest BCUT2D eigenvalue weighted by atomic mass is 16.5. The maximum absolute atomic E-state index is 13.7. The molecule has 0 fully saturated rings. The van der Waals surface area contributed by atoms with E-state index in [2.05, 4.69) is 4.90 Å². The van der Waals surface area contributed by atoms with Gasteiger partial charge >= 0.3 is 5.97 Å². The van der Waals surface area contributed by atoms with Crippen LogP contribution in [0.4, 0.5) is 0 Å². The zero-order valence-corrected chi connectivity index (χ0v) is 20.9. The van der Waals surface area contributed by atoms with Crippen LogP contribution in [0.3, 0.4) is 0 Å². The second-order valence-corrected chi connectivity index (χ2v) is 8.78. The van der Waals surface area contributed by atoms with Crippen molar-refractivity contribution in [3.63, 3.8) is 0 Å². The van der Waals surface area contributed by atoms with Crippen LogP contribution < -0.4 is 0 Å². The van der Waals surface area contributed by atoms with E-state index in [1.54, 1.807) is 36.4 Å². The standard InChI is InChI=1S/C28H30N2O6/c1-5-29(6-2)13-14-30-24(18-8-10-19(11-9-18)28(34)35-4)23(26(32)27(30)33)25(31)22-16-20-15-17(3)7-12-21(20)36-22/h7-12,15-16,24,32H,5-6,13-14H2,1-4H3. The summed E-state index contributed by atoms with van der Waals surface area (Å²) in [5, 5.41) is 11.7. The third-order valence-corrected chi connectivity index (χ3v) is 6.64. The number of aliphatic hydroxyl groups is 1. The van der Waals surface area contributed by atoms with Crippen molar-refractivity contribution in [2.75, 3.05) is 33.3 Å². The number of ketones is 1. The van der Waals surface area contributed by atoms with Crippen molar-refractivity contribution in [3.05, 3.63) is 82.3 Å². The molecule has 1 aliphatic heterocycles. The number of aryl methyl sites for hydroxylation is 1. The summed E-state index contributed by atoms with van der Waals surface area (Å²) in [7, 11) is 1.30. The quantitative estimate of drug-likeness (QED) is 0.349. The van der Waals surface area contributed by atoms with E-state index in [4.69, 9.17) is 9.15 Å². The first-order valence-electron chi connectivity index (χ1n) is 12.0. The molecule has 0 saturated carbocycles. The van der Waals surface area contributed by atoms with E-state index in [1.165, 1.54) is 12.0 Å². The van der Waals surface area contributed by atoms with E-state index in [1.807, 2.05) is 32.9 Å². The molecule has 1 aliphatic rings. The molecule has 0 aliphatic carbocycles. The number of amides is 1. The van der Waals surface area contributed by atoms with E-state index in [0.717, 1.165) is 24.0 Å². The van der Waals surface area contributed by atoms with Gasteiger partial charge in [-0.05, 0) is 55.9 Å². The molecule has 1 atom stereocenters. The Morgan fingerprint density at radius 1 is 1.08 bits per heavy atom. The Morgan fingerprint density at radius 3 is 2.42 bits per heavy atom. The number of esters is 1. The van der Waals surface area contributed by atoms with Gasteiger partial charge in [0, 0.05) is 18.5 Å². The molecule has 1 unspecified atom stereocenters. The number of rotatable bonds is 9. The second-order valence-electron chi connectivity index (χ2n) is 8.78. The summed E-state index contributed by atoms with van der Waals surface area (Å²) in [5.41, 5.74) is 2.46. The molecule has 0 radical (unpaired) electrons. The molecule has 8 heteroatoms. The summed E-state index contributed by atoms with van der Waals surface area (Å²) < 4.78 is 10.6. The fraction of sp³-hybridized carbons (Fsp3) is 0.321. The number of furan rings is 1. The molecular formula is C28H30N2O6. The number of methoxy groups -OCH3 is 1. The number of likely N-dealkylation sites (N-methyl/N-ethyl adjacent to an activating group) is 1. The molecule has 0 bridgehead atoms. The molecule has 188 valence electrons. The zero-order valence-electron chi connectivity index (χ0n) is 20.9. The van der Waals surface area contributed by atoms with Crippen molar-refractivity contribution in [1.29, 1.82) is 0 Å². The first kappa shape index (κ1) is 25.2. The molecule has 8 nitrogen and oxygen atoms in total. The van der Waals surface area contributed by atoms with Crippen LogP contribution in [0.5, 0.6) is 0 Å². The fourth-order valence-corrected chi connectivity index (χ4v) is 4.58. The number of benzene rings is 2. The minimum absolute atomic E-state index is 0.0406. The SMILES string of the molecule is CCN(CC)CCN1C(=O)C(O)=C(C(=O)c2cc3cc(C)ccc3o2)C1c1ccc(C(=O)OC)cc1. The van der Waals surface area contributed by atoms with Gasteiger partial charge in [0.15, 0.2) is 11.5 Å². The molecule has 36 heavy (non-hydrogen) atoms. The molecular weight excluding hydrogens is 460 g/mol. The largest absolute Gasteiger partial charge is 0.503 e. The van der Waals surface area contributed by atoms with Gasteiger partial charge in [-0.3, -0.25) is 9.59 Å². The van der Waals surface area contributed by atoms with Crippen LogP contribution in [0.25, 0.3) is 11.0 Å². The van der Waals surface area contributed by atoms with Gasteiger partial charge in [-0.25, -0.2) is 4.79 Å². The van der Waals surface area contributed by atoms with Gasteiger partial charge in [0.1, 0.15) is 5.58 Å². The smallest absolute Gasteiger partial charge is 0.337 e. The van der Waals surface area contributed by atoms with Crippen molar-refractivity contribution >= 4 is 28.6 Å². The third kappa shape index (κ3) is 4.64. The summed E-state index contributed by atoms with van der Waals surface area (Å²) >= 11 is 0. The number of ether oxygens (including phenoxy) is 1. The van der Waals surface area contributed by atoms with Crippen molar-refractivity contribution < 1.29 is 28.6 Å². The maximum atomic E-state index is 13.7. The van der Waals surface area contributed by atoms with Crippen LogP contribution in [-0.4, -0.2) is 65.9 Å². The van der Waals surface area contributed by atoms with Gasteiger partial charge in [0.05, 0.1) is 24.3 Å². The Labute approximate surface area is 209 Å². The van der Waals surface area contributed by atoms with Gasteiger partial charge < -0.3 is 24.1 Å². The van der Waals surface area contributed by atoms with Crippen LogP contribution in [0.2, 0.25) is 0 Å². The highest BCUT2D eigenvalue weighted by Crippen LogP contribution is 2.39. The Balaban J connectivity index is 1.75. The van der Waals surface area contributed by atoms with Crippen LogP contribution in [-0.2, 0) is 9.53 Å². The lowest BCUT2D eigenvalue weighted by Crippen LogP contribution is -2.38. The van der Waals surface area contributed by atoms with Crippen LogP contribution in [0, 0.1) is 6.92 Å². The summed E-state index contributed by atoms with van der Waals surface area (Å²) in [6.45, 7) is 8.51. The summed E-state index contributed by atoms with van der Waals surface area (Å²) in [6.07, 6.45) is 0. The molecule has 0 saturated heterocycles. The van der Waals surface area contributed by atoms with Gasteiger partial charge in [-0.15, -0.1) is 0 Å². The monoisotopic (exact) mass is 490 g/mol. The first-order chi connectivity index (χ1) is 17.3. The Bertz CT molecular complexity index is 1330. The number of nitrogens with zero attached hydrogens (tertiary/aromatic N) is 2. The lowest BCUT2D eigenvalue weighted by Gasteiger charge is -2.29. The number of hydrogen-bond donors (Lipinski definition) is 1. The van der Waals surface area contributed by atoms with E-state index in [-0.39, 0.29) is 11.3 Å². The number of carbonyl (C=O) groups is 3. The lowest BCUT2D eigenvalue weighted by molar-refractivity contribution is -0.129. The Kier molecular flexibility index (Phi) is 7.26. The van der Waals surface area contributed by atoms with Crippen LogP contribution in [0.15, 0.2) is 64.3 Å². The predicted octanol–water partition coefficient (Wildman–Crippen LogP) is 4.45. The van der Waals surface area contributed by atoms with E-state index in [9.17, 15) is 19.5 Å². The number of Topliss-reactive ketones (excluding diaryl/α,β-unsaturated/α-hetero) is 1. The van der Waals surface area contributed by atoms with Crippen LogP contribution in [0.1, 0.15) is 51.9 Å². The minimum atomic E-state index is -0.831. The average molecular weight is 491 g/mol. The normalized spacial score (nSPS) is 15.9. The summed E-state index contributed by atoms with van der Waals surface area (Å²) in [4.78, 5) is 42.5. The summed E-state index contributed by atoms with van der Waals surface area (Å²) in [5.74, 6) is -2.19. The van der Waals surface area contributed by atoms with Gasteiger partial charge in [0.2, 0.25) is 5.78 Å². The highest BCUT2D eigenvalue weighted by molar-refractivity contribution is 6.16. The number of fused-ring (bicyclic) bond motifs is 1. The molecule has 3 aromatic rings. The number of carbonyl (C=O) groups excluding carboxylic acids is 3. The maximum Gasteiger partial charge on any atom is 0.337 e. The topological polar surface area (TPSA) is 100 Å². The molecule has 2 heterocycles. The minimum Gasteiger partial charge on any atom is -0.503 e. The van der Waals surface area contributed by atoms with Crippen molar-refractivity contribution in [3.8, 4) is 0 Å². The molecule has 1 N–H and O–H groups in total. The van der Waals surface area contributed by atoms with Gasteiger partial charge in [0.25, 0.3) is 5.91 Å². The third-order valence-electron chi connectivity index (χ3n) is 6.64. The van der Waals surface area contributed by atoms with Crippen molar-refractivity contribution in [2.24, 2.45) is 0 Å². The zero-order chi connectivity index (χ0) is 26.0. The summed E-state index contributed by atoms with van der Waals surface area (Å²) in [6, 6.07) is 12.9. The first-order valence-corrected chi connectivity index (χ1v) is 12.0. The number of aliphatic hydroxyl groups excluding tert-OH is 1. The van der Waals surface area contributed by atoms with E-state index >= 15 is 0 Å². The lowest BCUT2D eigenvalue weighted by atomic mass is 9.94. The highest BCUT2D eigenvalue weighted by Gasteiger charge is 2.44. The van der Waals surface area contributed by atoms with Crippen molar-refractivity contribution in [2.45, 2.75) is 26.8 Å². The van der Waals surface area contributed by atoms with Gasteiger partial charge in [-0.2, -0.15) is 0 Å². The molecule has 1 aromatic heterocycles. The second kappa shape index (κ2) is 10.4. The van der Waals surface area contributed by atoms with E-state index in [0.29, 0.717) is 29.8 Å². The predicted molar refractivity (Wildman–Crippen MR) is 135 cm³/mol. The fourth-order valence-electron chi connectivity index (χ4n) is 4.58. The molecule has 2 aromatic carbocycles. The van der Waals surface area contributed by atoms with Gasteiger partial charge in [-0.1, -0.05) is 37.6 Å². The van der Waals surface area contributed by atoms with Crippen LogP contribution >= 0.6 is 0 Å². The number of hydrogen-bond acceptors (Lipinski definition) is 7. The molecule has 1 amide bonds.